The van der Waals surface area contributed by atoms with Gasteiger partial charge in [-0.15, -0.1) is 0 Å². The number of benzene rings is 2. The van der Waals surface area contributed by atoms with Gasteiger partial charge in [0, 0.05) is 12.7 Å². The minimum Gasteiger partial charge on any atom is -0.479 e. The minimum atomic E-state index is -1.33. The molecule has 138 valence electrons. The van der Waals surface area contributed by atoms with E-state index in [4.69, 9.17) is 9.47 Å². The molecule has 0 unspecified atom stereocenters. The summed E-state index contributed by atoms with van der Waals surface area (Å²) >= 11 is 0. The lowest BCUT2D eigenvalue weighted by Gasteiger charge is -2.32. The Bertz CT molecular complexity index is 730. The highest BCUT2D eigenvalue weighted by Gasteiger charge is 2.36. The van der Waals surface area contributed by atoms with E-state index in [0.717, 1.165) is 0 Å². The molecule has 2 atom stereocenters. The van der Waals surface area contributed by atoms with Crippen molar-refractivity contribution in [3.8, 4) is 0 Å². The average Bonchev–Trinajstić information content (AvgIpc) is 2.65. The summed E-state index contributed by atoms with van der Waals surface area (Å²) in [5.74, 6) is -2.71. The van der Waals surface area contributed by atoms with Crippen LogP contribution >= 0.6 is 0 Å². The lowest BCUT2D eigenvalue weighted by atomic mass is 10.00. The Labute approximate surface area is 152 Å². The van der Waals surface area contributed by atoms with Crippen LogP contribution in [0.5, 0.6) is 0 Å². The van der Waals surface area contributed by atoms with Gasteiger partial charge in [0.2, 0.25) is 0 Å². The third-order valence-corrected chi connectivity index (χ3v) is 3.93. The predicted molar refractivity (Wildman–Crippen MR) is 96.7 cm³/mol. The van der Waals surface area contributed by atoms with Crippen LogP contribution in [0.2, 0.25) is 0 Å². The highest BCUT2D eigenvalue weighted by Crippen LogP contribution is 2.25. The van der Waals surface area contributed by atoms with Crippen LogP contribution < -0.4 is 5.32 Å². The fourth-order valence-electron chi connectivity index (χ4n) is 2.42. The summed E-state index contributed by atoms with van der Waals surface area (Å²) in [4.78, 5) is 24.5. The maximum atomic E-state index is 12.6. The smallest absolute Gasteiger partial charge is 0.335 e. The molecular weight excluding hydrogens is 334 g/mol. The number of amides is 1. The molecule has 0 bridgehead atoms. The fraction of sp³-hybridized carbons (Fsp3) is 0.300. The van der Waals surface area contributed by atoms with Crippen LogP contribution in [0.4, 0.5) is 0 Å². The van der Waals surface area contributed by atoms with Gasteiger partial charge in [-0.2, -0.15) is 0 Å². The largest absolute Gasteiger partial charge is 0.479 e. The molecule has 6 nitrogen and oxygen atoms in total. The van der Waals surface area contributed by atoms with Crippen molar-refractivity contribution in [2.45, 2.75) is 31.8 Å². The number of aliphatic carboxylic acids is 1. The summed E-state index contributed by atoms with van der Waals surface area (Å²) in [6.07, 6.45) is -1.33. The fourth-order valence-corrected chi connectivity index (χ4v) is 2.42. The number of hydrogen-bond acceptors (Lipinski definition) is 4. The Balaban J connectivity index is 2.36. The maximum Gasteiger partial charge on any atom is 0.335 e. The second-order valence-electron chi connectivity index (χ2n) is 6.21. The van der Waals surface area contributed by atoms with Gasteiger partial charge >= 0.3 is 5.97 Å². The summed E-state index contributed by atoms with van der Waals surface area (Å²) in [6, 6.07) is 16.6. The molecule has 0 saturated heterocycles. The quantitative estimate of drug-likeness (QED) is 0.710. The van der Waals surface area contributed by atoms with Crippen molar-refractivity contribution in [1.29, 1.82) is 0 Å². The predicted octanol–water partition coefficient (Wildman–Crippen LogP) is 3.01. The summed E-state index contributed by atoms with van der Waals surface area (Å²) in [5.41, 5.74) is 1.06. The Morgan fingerprint density at radius 1 is 1.00 bits per heavy atom. The van der Waals surface area contributed by atoms with Crippen LogP contribution in [-0.4, -0.2) is 36.0 Å². The third-order valence-electron chi connectivity index (χ3n) is 3.93. The third kappa shape index (κ3) is 5.15. The van der Waals surface area contributed by atoms with Gasteiger partial charge in [-0.05, 0) is 31.5 Å². The van der Waals surface area contributed by atoms with E-state index in [2.05, 4.69) is 5.32 Å². The number of carbonyl (C=O) groups excluding carboxylic acids is 1. The molecule has 0 saturated carbocycles. The highest BCUT2D eigenvalue weighted by atomic mass is 16.7. The first-order valence-electron chi connectivity index (χ1n) is 8.20. The average molecular weight is 357 g/mol. The molecule has 0 fully saturated rings. The Morgan fingerprint density at radius 3 is 2.04 bits per heavy atom. The molecule has 6 heteroatoms. The molecule has 26 heavy (non-hydrogen) atoms. The standard InChI is InChI=1S/C20H23NO5/c1-20(2,25-3)26-17(19(23)24)16(14-10-6-4-7-11-14)21-18(22)15-12-8-5-9-13-15/h4-13,16-17H,1-3H3,(H,21,22)(H,23,24)/t16-,17+/m0/s1. The number of carboxylic acids is 1. The van der Waals surface area contributed by atoms with Gasteiger partial charge in [0.15, 0.2) is 11.9 Å². The summed E-state index contributed by atoms with van der Waals surface area (Å²) < 4.78 is 10.9. The van der Waals surface area contributed by atoms with E-state index >= 15 is 0 Å². The summed E-state index contributed by atoms with van der Waals surface area (Å²) in [7, 11) is 1.43. The normalized spacial score (nSPS) is 13.7. The van der Waals surface area contributed by atoms with Gasteiger partial charge in [0.05, 0.1) is 6.04 Å². The van der Waals surface area contributed by atoms with Crippen molar-refractivity contribution in [1.82, 2.24) is 5.32 Å². The molecule has 2 rings (SSSR count). The van der Waals surface area contributed by atoms with E-state index in [1.54, 1.807) is 68.4 Å². The van der Waals surface area contributed by atoms with Crippen LogP contribution in [0, 0.1) is 0 Å². The Hall–Kier alpha value is -2.70. The zero-order valence-electron chi connectivity index (χ0n) is 15.0. The van der Waals surface area contributed by atoms with Gasteiger partial charge in [0.1, 0.15) is 0 Å². The van der Waals surface area contributed by atoms with Crippen molar-refractivity contribution >= 4 is 11.9 Å². The van der Waals surface area contributed by atoms with E-state index in [9.17, 15) is 14.7 Å². The number of rotatable bonds is 8. The van der Waals surface area contributed by atoms with E-state index in [-0.39, 0.29) is 5.91 Å². The van der Waals surface area contributed by atoms with Crippen molar-refractivity contribution < 1.29 is 24.2 Å². The molecule has 2 N–H and O–H groups in total. The number of carboxylic acid groups (broad SMARTS) is 1. The van der Waals surface area contributed by atoms with Crippen LogP contribution in [0.1, 0.15) is 35.8 Å². The maximum absolute atomic E-state index is 12.6. The van der Waals surface area contributed by atoms with Crippen LogP contribution in [-0.2, 0) is 14.3 Å². The Kier molecular flexibility index (Phi) is 6.49. The topological polar surface area (TPSA) is 84.9 Å². The first-order valence-corrected chi connectivity index (χ1v) is 8.20. The number of nitrogens with one attached hydrogen (secondary N) is 1. The molecule has 0 spiro atoms. The van der Waals surface area contributed by atoms with Crippen LogP contribution in [0.15, 0.2) is 60.7 Å². The Morgan fingerprint density at radius 2 is 1.54 bits per heavy atom. The van der Waals surface area contributed by atoms with Crippen molar-refractivity contribution in [2.75, 3.05) is 7.11 Å². The van der Waals surface area contributed by atoms with Gasteiger partial charge < -0.3 is 19.9 Å². The molecule has 0 heterocycles. The molecule has 1 amide bonds. The number of ether oxygens (including phenoxy) is 2. The lowest BCUT2D eigenvalue weighted by molar-refractivity contribution is -0.233. The molecule has 0 aliphatic rings. The SMILES string of the molecule is COC(C)(C)O[C@@H](C(=O)O)[C@@H](NC(=O)c1ccccc1)c1ccccc1. The summed E-state index contributed by atoms with van der Waals surface area (Å²) in [6.45, 7) is 3.23. The number of methoxy groups -OCH3 is 1. The monoisotopic (exact) mass is 357 g/mol. The second-order valence-corrected chi connectivity index (χ2v) is 6.21. The zero-order valence-corrected chi connectivity index (χ0v) is 15.0. The van der Waals surface area contributed by atoms with Gasteiger partial charge in [-0.1, -0.05) is 48.5 Å². The highest BCUT2D eigenvalue weighted by molar-refractivity contribution is 5.94. The molecule has 0 aliphatic heterocycles. The lowest BCUT2D eigenvalue weighted by Crippen LogP contribution is -2.46. The number of hydrogen-bond donors (Lipinski definition) is 2. The number of carbonyl (C=O) groups is 2. The van der Waals surface area contributed by atoms with Crippen molar-refractivity contribution in [3.63, 3.8) is 0 Å². The van der Waals surface area contributed by atoms with E-state index in [1.165, 1.54) is 7.11 Å². The van der Waals surface area contributed by atoms with Gasteiger partial charge in [0.25, 0.3) is 5.91 Å². The minimum absolute atomic E-state index is 0.385. The van der Waals surface area contributed by atoms with Gasteiger partial charge in [-0.3, -0.25) is 4.79 Å². The molecule has 2 aromatic rings. The molecule has 0 radical (unpaired) electrons. The first kappa shape index (κ1) is 19.6. The molecular formula is C20H23NO5. The molecule has 0 aromatic heterocycles. The van der Waals surface area contributed by atoms with E-state index in [1.807, 2.05) is 6.07 Å². The molecule has 0 aliphatic carbocycles. The zero-order chi connectivity index (χ0) is 19.2. The van der Waals surface area contributed by atoms with Gasteiger partial charge in [-0.25, -0.2) is 4.79 Å². The van der Waals surface area contributed by atoms with Crippen molar-refractivity contribution in [3.05, 3.63) is 71.8 Å². The summed E-state index contributed by atoms with van der Waals surface area (Å²) in [5, 5.41) is 12.5. The second kappa shape index (κ2) is 8.60. The van der Waals surface area contributed by atoms with Crippen LogP contribution in [0.3, 0.4) is 0 Å². The van der Waals surface area contributed by atoms with E-state index < -0.39 is 23.9 Å². The van der Waals surface area contributed by atoms with E-state index in [0.29, 0.717) is 11.1 Å². The first-order chi connectivity index (χ1) is 12.3. The van der Waals surface area contributed by atoms with Crippen molar-refractivity contribution in [2.24, 2.45) is 0 Å². The molecule has 2 aromatic carbocycles. The van der Waals surface area contributed by atoms with Crippen LogP contribution in [0.25, 0.3) is 0 Å².